The molecule has 0 unspecified atom stereocenters. The molecule has 4 aliphatic carbocycles. The summed E-state index contributed by atoms with van der Waals surface area (Å²) in [6, 6.07) is 6.72. The van der Waals surface area contributed by atoms with Gasteiger partial charge in [0.1, 0.15) is 6.54 Å². The van der Waals surface area contributed by atoms with Gasteiger partial charge in [-0.2, -0.15) is 0 Å². The SMILES string of the molecule is O=C(CN1C(=O)[C@H]2[C@@H]3C=C[C@@H]([C@H]4C[C@H]34)[C@@H]2C1=O)OCC(=O)c1ccc(Br)cc1. The summed E-state index contributed by atoms with van der Waals surface area (Å²) in [4.78, 5) is 51.0. The van der Waals surface area contributed by atoms with Crippen LogP contribution < -0.4 is 0 Å². The highest BCUT2D eigenvalue weighted by atomic mass is 79.9. The molecule has 1 heterocycles. The zero-order chi connectivity index (χ0) is 19.6. The highest BCUT2D eigenvalue weighted by Crippen LogP contribution is 2.65. The van der Waals surface area contributed by atoms with Crippen molar-refractivity contribution in [2.75, 3.05) is 13.2 Å². The third-order valence-corrected chi connectivity index (χ3v) is 7.10. The molecule has 6 rings (SSSR count). The second-order valence-corrected chi connectivity index (χ2v) is 8.92. The molecule has 5 aliphatic rings. The minimum absolute atomic E-state index is 0.122. The number of imide groups is 1. The first-order valence-corrected chi connectivity index (χ1v) is 10.2. The van der Waals surface area contributed by atoms with Gasteiger partial charge in [0.25, 0.3) is 0 Å². The van der Waals surface area contributed by atoms with E-state index in [1.54, 1.807) is 24.3 Å². The lowest BCUT2D eigenvalue weighted by Crippen LogP contribution is -2.40. The normalized spacial score (nSPS) is 34.2. The Morgan fingerprint density at radius 2 is 1.57 bits per heavy atom. The van der Waals surface area contributed by atoms with Crippen molar-refractivity contribution < 1.29 is 23.9 Å². The molecule has 0 spiro atoms. The van der Waals surface area contributed by atoms with E-state index < -0.39 is 19.1 Å². The lowest BCUT2D eigenvalue weighted by atomic mass is 9.63. The molecule has 2 bridgehead atoms. The zero-order valence-electron chi connectivity index (χ0n) is 14.9. The van der Waals surface area contributed by atoms with Gasteiger partial charge in [-0.15, -0.1) is 0 Å². The van der Waals surface area contributed by atoms with E-state index in [-0.39, 0.29) is 41.3 Å². The maximum atomic E-state index is 12.8. The van der Waals surface area contributed by atoms with E-state index in [0.717, 1.165) is 15.8 Å². The van der Waals surface area contributed by atoms with Gasteiger partial charge in [0, 0.05) is 10.0 Å². The summed E-state index contributed by atoms with van der Waals surface area (Å²) >= 11 is 3.29. The van der Waals surface area contributed by atoms with Gasteiger partial charge in [0.05, 0.1) is 11.8 Å². The van der Waals surface area contributed by atoms with Crippen LogP contribution in [0.25, 0.3) is 0 Å². The highest BCUT2D eigenvalue weighted by Gasteiger charge is 2.67. The molecule has 1 aliphatic heterocycles. The lowest BCUT2D eigenvalue weighted by molar-refractivity contribution is -0.152. The van der Waals surface area contributed by atoms with Crippen LogP contribution in [-0.2, 0) is 19.1 Å². The van der Waals surface area contributed by atoms with Crippen molar-refractivity contribution in [1.82, 2.24) is 4.90 Å². The number of ether oxygens (including phenoxy) is 1. The average Bonchev–Trinajstić information content (AvgIpc) is 3.48. The maximum Gasteiger partial charge on any atom is 0.326 e. The van der Waals surface area contributed by atoms with Gasteiger partial charge < -0.3 is 4.74 Å². The first-order chi connectivity index (χ1) is 13.5. The van der Waals surface area contributed by atoms with E-state index in [9.17, 15) is 19.2 Å². The molecular weight excluding hydrogens is 426 g/mol. The Labute approximate surface area is 170 Å². The largest absolute Gasteiger partial charge is 0.456 e. The third kappa shape index (κ3) is 2.67. The first-order valence-electron chi connectivity index (χ1n) is 9.43. The Kier molecular flexibility index (Phi) is 4.05. The van der Waals surface area contributed by atoms with Crippen molar-refractivity contribution in [3.63, 3.8) is 0 Å². The molecule has 1 aromatic carbocycles. The van der Waals surface area contributed by atoms with Crippen molar-refractivity contribution in [3.8, 4) is 0 Å². The molecule has 6 atom stereocenters. The van der Waals surface area contributed by atoms with Crippen molar-refractivity contribution in [2.45, 2.75) is 6.42 Å². The first kappa shape index (κ1) is 17.8. The predicted molar refractivity (Wildman–Crippen MR) is 101 cm³/mol. The highest BCUT2D eigenvalue weighted by molar-refractivity contribution is 9.10. The number of nitrogens with zero attached hydrogens (tertiary/aromatic N) is 1. The van der Waals surface area contributed by atoms with E-state index in [1.807, 2.05) is 0 Å². The van der Waals surface area contributed by atoms with E-state index in [4.69, 9.17) is 4.74 Å². The molecule has 0 N–H and O–H groups in total. The van der Waals surface area contributed by atoms with E-state index >= 15 is 0 Å². The summed E-state index contributed by atoms with van der Waals surface area (Å²) in [6.07, 6.45) is 5.27. The van der Waals surface area contributed by atoms with Crippen LogP contribution in [-0.4, -0.2) is 41.6 Å². The van der Waals surface area contributed by atoms with Gasteiger partial charge in [0.2, 0.25) is 11.8 Å². The molecule has 6 nitrogen and oxygen atoms in total. The molecule has 1 saturated heterocycles. The Morgan fingerprint density at radius 3 is 2.14 bits per heavy atom. The van der Waals surface area contributed by atoms with Gasteiger partial charge in [-0.05, 0) is 42.2 Å². The van der Waals surface area contributed by atoms with Crippen LogP contribution in [0.3, 0.4) is 0 Å². The van der Waals surface area contributed by atoms with Gasteiger partial charge in [-0.3, -0.25) is 24.1 Å². The van der Waals surface area contributed by atoms with Crippen LogP contribution in [0.4, 0.5) is 0 Å². The molecule has 0 radical (unpaired) electrons. The quantitative estimate of drug-likeness (QED) is 0.301. The van der Waals surface area contributed by atoms with Crippen LogP contribution in [0.2, 0.25) is 0 Å². The number of allylic oxidation sites excluding steroid dienone is 2. The predicted octanol–water partition coefficient (Wildman–Crippen LogP) is 2.23. The van der Waals surface area contributed by atoms with Crippen molar-refractivity contribution >= 4 is 39.5 Å². The number of benzene rings is 1. The Balaban J connectivity index is 1.21. The number of likely N-dealkylation sites (tertiary alicyclic amines) is 1. The number of carbonyl (C=O) groups is 4. The summed E-state index contributed by atoms with van der Waals surface area (Å²) in [6.45, 7) is -0.840. The topological polar surface area (TPSA) is 80.8 Å². The van der Waals surface area contributed by atoms with Gasteiger partial charge in [0.15, 0.2) is 12.4 Å². The number of esters is 1. The van der Waals surface area contributed by atoms with Crippen molar-refractivity contribution in [2.24, 2.45) is 35.5 Å². The fourth-order valence-corrected chi connectivity index (χ4v) is 5.48. The van der Waals surface area contributed by atoms with Gasteiger partial charge in [-0.1, -0.05) is 40.2 Å². The summed E-state index contributed by atoms with van der Waals surface area (Å²) in [7, 11) is 0. The van der Waals surface area contributed by atoms with Crippen LogP contribution in [0.1, 0.15) is 16.8 Å². The second kappa shape index (κ2) is 6.37. The zero-order valence-corrected chi connectivity index (χ0v) is 16.5. The summed E-state index contributed by atoms with van der Waals surface area (Å²) in [5, 5.41) is 0. The molecule has 2 saturated carbocycles. The molecule has 28 heavy (non-hydrogen) atoms. The standard InChI is InChI=1S/C21H18BrNO5/c22-11-3-1-10(2-4-11)16(24)9-28-17(25)8-23-20(26)18-12-5-6-13(15-7-14(12)15)19(18)21(23)27/h1-6,12-15,18-19H,7-9H2/t12-,13+,14-,15-,18+,19+/m1/s1. The summed E-state index contributed by atoms with van der Waals surface area (Å²) in [5.41, 5.74) is 0.428. The monoisotopic (exact) mass is 443 g/mol. The van der Waals surface area contributed by atoms with Crippen LogP contribution >= 0.6 is 15.9 Å². The Bertz CT molecular complexity index is 887. The number of ketones is 1. The van der Waals surface area contributed by atoms with Crippen LogP contribution in [0, 0.1) is 35.5 Å². The minimum atomic E-state index is -0.740. The second-order valence-electron chi connectivity index (χ2n) is 8.01. The van der Waals surface area contributed by atoms with E-state index in [0.29, 0.717) is 17.4 Å². The fourth-order valence-electron chi connectivity index (χ4n) is 5.21. The molecule has 144 valence electrons. The molecule has 0 aromatic heterocycles. The fraction of sp³-hybridized carbons (Fsp3) is 0.429. The molecule has 3 fully saturated rings. The number of halogens is 1. The minimum Gasteiger partial charge on any atom is -0.456 e. The van der Waals surface area contributed by atoms with Crippen molar-refractivity contribution in [1.29, 1.82) is 0 Å². The molecule has 2 amide bonds. The number of Topliss-reactive ketones (excluding diaryl/α,β-unsaturated/α-hetero) is 1. The van der Waals surface area contributed by atoms with Crippen LogP contribution in [0.5, 0.6) is 0 Å². The molecule has 7 heteroatoms. The molecular formula is C21H18BrNO5. The number of amides is 2. The number of rotatable bonds is 5. The Hall–Kier alpha value is -2.28. The number of carbonyl (C=O) groups excluding carboxylic acids is 4. The number of hydrogen-bond donors (Lipinski definition) is 0. The Morgan fingerprint density at radius 1 is 1.00 bits per heavy atom. The van der Waals surface area contributed by atoms with Crippen molar-refractivity contribution in [3.05, 3.63) is 46.5 Å². The number of hydrogen-bond acceptors (Lipinski definition) is 5. The van der Waals surface area contributed by atoms with E-state index in [2.05, 4.69) is 28.1 Å². The summed E-state index contributed by atoms with van der Waals surface area (Å²) in [5.74, 6) is -0.995. The lowest BCUT2D eigenvalue weighted by Gasteiger charge is -2.37. The maximum absolute atomic E-state index is 12.8. The van der Waals surface area contributed by atoms with Crippen LogP contribution in [0.15, 0.2) is 40.9 Å². The average molecular weight is 444 g/mol. The molecule has 1 aromatic rings. The summed E-state index contributed by atoms with van der Waals surface area (Å²) < 4.78 is 5.88. The van der Waals surface area contributed by atoms with Gasteiger partial charge >= 0.3 is 5.97 Å². The van der Waals surface area contributed by atoms with E-state index in [1.165, 1.54) is 0 Å². The third-order valence-electron chi connectivity index (χ3n) is 6.57. The van der Waals surface area contributed by atoms with Gasteiger partial charge in [-0.25, -0.2) is 0 Å². The smallest absolute Gasteiger partial charge is 0.326 e.